The summed E-state index contributed by atoms with van der Waals surface area (Å²) in [7, 11) is 0. The van der Waals surface area contributed by atoms with Crippen molar-refractivity contribution in [2.24, 2.45) is 0 Å². The summed E-state index contributed by atoms with van der Waals surface area (Å²) < 4.78 is 4.73. The van der Waals surface area contributed by atoms with E-state index in [0.29, 0.717) is 13.2 Å². The topological polar surface area (TPSA) is 29.5 Å². The molecule has 0 saturated heterocycles. The van der Waals surface area contributed by atoms with Crippen molar-refractivity contribution in [3.05, 3.63) is 0 Å². The zero-order valence-electron chi connectivity index (χ0n) is 4.35. The van der Waals surface area contributed by atoms with Crippen LogP contribution in [0.1, 0.15) is 6.92 Å². The summed E-state index contributed by atoms with van der Waals surface area (Å²) in [4.78, 5) is 0. The number of rotatable bonds is 3. The van der Waals surface area contributed by atoms with Crippen LogP contribution in [0.15, 0.2) is 0 Å². The zero-order chi connectivity index (χ0) is 4.83. The van der Waals surface area contributed by atoms with E-state index in [4.69, 9.17) is 9.84 Å². The Morgan fingerprint density at radius 2 is 2.14 bits per heavy atom. The summed E-state index contributed by atoms with van der Waals surface area (Å²) in [5, 5.41) is 8.07. The van der Waals surface area contributed by atoms with Crippen molar-refractivity contribution in [2.75, 3.05) is 19.8 Å². The number of ether oxygens (including phenoxy) is 1. The van der Waals surface area contributed by atoms with Crippen LogP contribution >= 0.6 is 0 Å². The first-order valence-electron chi connectivity index (χ1n) is 2.10. The van der Waals surface area contributed by atoms with E-state index in [1.807, 2.05) is 6.92 Å². The Hall–Kier alpha value is 0.439. The van der Waals surface area contributed by atoms with E-state index in [1.54, 1.807) is 0 Å². The molecule has 0 aliphatic heterocycles. The van der Waals surface area contributed by atoms with Crippen LogP contribution in [0.5, 0.6) is 0 Å². The summed E-state index contributed by atoms with van der Waals surface area (Å²) in [5.74, 6) is 0. The summed E-state index contributed by atoms with van der Waals surface area (Å²) in [6, 6.07) is 0. The molecule has 0 aromatic carbocycles. The van der Waals surface area contributed by atoms with Gasteiger partial charge >= 0.3 is 0 Å². The predicted octanol–water partition coefficient (Wildman–Crippen LogP) is 0.0127. The smallest absolute Gasteiger partial charge is 0.0697 e. The molecule has 0 aliphatic carbocycles. The molecule has 0 aromatic rings. The van der Waals surface area contributed by atoms with Gasteiger partial charge in [0.1, 0.15) is 0 Å². The maximum absolute atomic E-state index is 8.07. The van der Waals surface area contributed by atoms with Crippen LogP contribution in [-0.2, 0) is 21.8 Å². The maximum Gasteiger partial charge on any atom is 0.0697 e. The van der Waals surface area contributed by atoms with Crippen molar-refractivity contribution < 1.29 is 26.9 Å². The number of hydrogen-bond acceptors (Lipinski definition) is 2. The van der Waals surface area contributed by atoms with Crippen molar-refractivity contribution in [2.45, 2.75) is 6.92 Å². The minimum Gasteiger partial charge on any atom is -0.394 e. The fourth-order valence-electron chi connectivity index (χ4n) is 0.209. The third-order valence-corrected chi connectivity index (χ3v) is 0.440. The van der Waals surface area contributed by atoms with Gasteiger partial charge in [0.15, 0.2) is 0 Å². The van der Waals surface area contributed by atoms with Gasteiger partial charge in [-0.3, -0.25) is 0 Å². The second-order valence-corrected chi connectivity index (χ2v) is 0.921. The Balaban J connectivity index is 0. The number of aliphatic hydroxyl groups is 1. The van der Waals surface area contributed by atoms with Gasteiger partial charge in [-0.15, -0.1) is 0 Å². The first kappa shape index (κ1) is 10.4. The van der Waals surface area contributed by atoms with E-state index >= 15 is 0 Å². The Kier molecular flexibility index (Phi) is 14.4. The Morgan fingerprint density at radius 1 is 1.57 bits per heavy atom. The quantitative estimate of drug-likeness (QED) is 0.447. The van der Waals surface area contributed by atoms with Gasteiger partial charge in [-0.25, -0.2) is 0 Å². The first-order valence-corrected chi connectivity index (χ1v) is 2.10. The fourth-order valence-corrected chi connectivity index (χ4v) is 0.209. The fraction of sp³-hybridized carbons (Fsp3) is 1.00. The van der Waals surface area contributed by atoms with Crippen molar-refractivity contribution in [3.63, 3.8) is 0 Å². The molecule has 0 fully saturated rings. The van der Waals surface area contributed by atoms with Crippen molar-refractivity contribution in [1.82, 2.24) is 0 Å². The van der Waals surface area contributed by atoms with E-state index < -0.39 is 0 Å². The molecule has 0 heterocycles. The van der Waals surface area contributed by atoms with Crippen molar-refractivity contribution in [3.8, 4) is 0 Å². The monoisotopic (exact) mass is 145 g/mol. The summed E-state index contributed by atoms with van der Waals surface area (Å²) >= 11 is 0. The third-order valence-electron chi connectivity index (χ3n) is 0.440. The van der Waals surface area contributed by atoms with Crippen molar-refractivity contribution >= 4 is 0 Å². The maximum atomic E-state index is 8.07. The second kappa shape index (κ2) is 9.67. The second-order valence-electron chi connectivity index (χ2n) is 0.921. The van der Waals surface area contributed by atoms with E-state index in [1.165, 1.54) is 0 Å². The standard InChI is InChI=1S/C4H10O2.Mn/c1-2-6-4-3-5;/h5H,2-4H2,1H3;. The van der Waals surface area contributed by atoms with Gasteiger partial charge in [-0.2, -0.15) is 0 Å². The number of aliphatic hydroxyl groups excluding tert-OH is 1. The molecule has 0 aromatic heterocycles. The van der Waals surface area contributed by atoms with Crippen LogP contribution in [0, 0.1) is 0 Å². The molecule has 0 saturated carbocycles. The van der Waals surface area contributed by atoms with Crippen LogP contribution in [0.2, 0.25) is 0 Å². The molecule has 0 aliphatic rings. The molecule has 0 bridgehead atoms. The molecule has 0 unspecified atom stereocenters. The van der Waals surface area contributed by atoms with Crippen LogP contribution in [0.3, 0.4) is 0 Å². The molecule has 0 spiro atoms. The van der Waals surface area contributed by atoms with Crippen molar-refractivity contribution in [1.29, 1.82) is 0 Å². The molecule has 3 heteroatoms. The molecule has 7 heavy (non-hydrogen) atoms. The largest absolute Gasteiger partial charge is 0.394 e. The van der Waals surface area contributed by atoms with E-state index in [9.17, 15) is 0 Å². The van der Waals surface area contributed by atoms with Gasteiger partial charge in [0.05, 0.1) is 13.2 Å². The van der Waals surface area contributed by atoms with Gasteiger partial charge < -0.3 is 9.84 Å². The van der Waals surface area contributed by atoms with Gasteiger partial charge in [-0.05, 0) is 6.92 Å². The molecular weight excluding hydrogens is 135 g/mol. The Labute approximate surface area is 54.3 Å². The minimum absolute atomic E-state index is 0. The van der Waals surface area contributed by atoms with Gasteiger partial charge in [0, 0.05) is 23.7 Å². The Morgan fingerprint density at radius 3 is 2.29 bits per heavy atom. The van der Waals surface area contributed by atoms with Crippen LogP contribution in [0.4, 0.5) is 0 Å². The van der Waals surface area contributed by atoms with E-state index in [0.717, 1.165) is 0 Å². The van der Waals surface area contributed by atoms with Crippen LogP contribution in [-0.4, -0.2) is 24.9 Å². The molecule has 45 valence electrons. The van der Waals surface area contributed by atoms with Crippen LogP contribution in [0.25, 0.3) is 0 Å². The SMILES string of the molecule is CCOCCO.[Mn]. The zero-order valence-corrected chi connectivity index (χ0v) is 5.54. The summed E-state index contributed by atoms with van der Waals surface area (Å²) in [6.07, 6.45) is 0. The van der Waals surface area contributed by atoms with Crippen LogP contribution < -0.4 is 0 Å². The predicted molar refractivity (Wildman–Crippen MR) is 23.6 cm³/mol. The summed E-state index contributed by atoms with van der Waals surface area (Å²) in [6.45, 7) is 3.20. The molecule has 2 nitrogen and oxygen atoms in total. The molecule has 0 atom stereocenters. The molecule has 0 amide bonds. The normalized spacial score (nSPS) is 7.71. The average Bonchev–Trinajstić information content (AvgIpc) is 1.61. The third kappa shape index (κ3) is 10.7. The average molecular weight is 145 g/mol. The van der Waals surface area contributed by atoms with Gasteiger partial charge in [0.25, 0.3) is 0 Å². The van der Waals surface area contributed by atoms with Gasteiger partial charge in [0.2, 0.25) is 0 Å². The molecule has 0 rings (SSSR count). The van der Waals surface area contributed by atoms with Gasteiger partial charge in [-0.1, -0.05) is 0 Å². The molecule has 1 N–H and O–H groups in total. The molecule has 1 radical (unpaired) electrons. The van der Waals surface area contributed by atoms with E-state index in [2.05, 4.69) is 0 Å². The van der Waals surface area contributed by atoms with E-state index in [-0.39, 0.29) is 23.7 Å². The molecular formula is C4H10MnO2. The Bertz CT molecular complexity index is 21.7. The first-order chi connectivity index (χ1) is 2.91. The number of hydrogen-bond donors (Lipinski definition) is 1. The minimum atomic E-state index is 0. The summed E-state index contributed by atoms with van der Waals surface area (Å²) in [5.41, 5.74) is 0.